The second-order valence-corrected chi connectivity index (χ2v) is 12.4. The molecular formula is C16H15Br2F2GeO2. The number of hydrogen-bond donors (Lipinski definition) is 0. The average molecular weight is 510 g/mol. The Balaban J connectivity index is 1.90. The van der Waals surface area contributed by atoms with E-state index in [-0.39, 0.29) is 11.6 Å². The zero-order valence-corrected chi connectivity index (χ0v) is 17.7. The zero-order valence-electron chi connectivity index (χ0n) is 12.4. The molecule has 0 aliphatic heterocycles. The summed E-state index contributed by atoms with van der Waals surface area (Å²) in [5.41, 5.74) is 1.22. The van der Waals surface area contributed by atoms with Crippen molar-refractivity contribution in [1.29, 1.82) is 0 Å². The van der Waals surface area contributed by atoms with Gasteiger partial charge < -0.3 is 0 Å². The van der Waals surface area contributed by atoms with Gasteiger partial charge in [0.05, 0.1) is 0 Å². The minimum absolute atomic E-state index is 0.305. The molecule has 0 aromatic heterocycles. The van der Waals surface area contributed by atoms with Crippen LogP contribution in [0.4, 0.5) is 8.78 Å². The van der Waals surface area contributed by atoms with Crippen LogP contribution in [-0.4, -0.2) is 25.2 Å². The van der Waals surface area contributed by atoms with E-state index in [4.69, 9.17) is 9.47 Å². The third-order valence-electron chi connectivity index (χ3n) is 3.15. The Morgan fingerprint density at radius 2 is 1.30 bits per heavy atom. The van der Waals surface area contributed by atoms with Crippen LogP contribution >= 0.6 is 31.9 Å². The van der Waals surface area contributed by atoms with Crippen LogP contribution in [0.1, 0.15) is 6.92 Å². The molecule has 7 heteroatoms. The molecule has 0 bridgehead atoms. The Hall–Kier alpha value is -0.597. The van der Waals surface area contributed by atoms with Crippen LogP contribution < -0.4 is 9.47 Å². The molecule has 123 valence electrons. The second-order valence-electron chi connectivity index (χ2n) is 4.83. The van der Waals surface area contributed by atoms with Gasteiger partial charge in [-0.3, -0.25) is 0 Å². The van der Waals surface area contributed by atoms with Crippen molar-refractivity contribution >= 4 is 46.2 Å². The van der Waals surface area contributed by atoms with E-state index in [0.717, 1.165) is 5.25 Å². The molecule has 23 heavy (non-hydrogen) atoms. The number of halogens is 4. The van der Waals surface area contributed by atoms with Crippen LogP contribution in [0.25, 0.3) is 0 Å². The van der Waals surface area contributed by atoms with E-state index >= 15 is 0 Å². The second kappa shape index (κ2) is 9.03. The van der Waals surface area contributed by atoms with Crippen LogP contribution in [0.15, 0.2) is 45.3 Å². The van der Waals surface area contributed by atoms with Gasteiger partial charge in [0.25, 0.3) is 0 Å². The van der Waals surface area contributed by atoms with E-state index in [1.807, 2.05) is 0 Å². The molecule has 0 N–H and O–H groups in total. The van der Waals surface area contributed by atoms with Crippen molar-refractivity contribution in [3.63, 3.8) is 0 Å². The van der Waals surface area contributed by atoms with Gasteiger partial charge in [0.1, 0.15) is 0 Å². The molecule has 0 heterocycles. The van der Waals surface area contributed by atoms with E-state index < -0.39 is 14.3 Å². The summed E-state index contributed by atoms with van der Waals surface area (Å²) in [5.74, 6) is 0.654. The van der Waals surface area contributed by atoms with E-state index in [2.05, 4.69) is 38.8 Å². The predicted octanol–water partition coefficient (Wildman–Crippen LogP) is 5.54. The quantitative estimate of drug-likeness (QED) is 0.456. The summed E-state index contributed by atoms with van der Waals surface area (Å²) in [6.45, 7) is 2.11. The van der Waals surface area contributed by atoms with Gasteiger partial charge >= 0.3 is 156 Å². The zero-order chi connectivity index (χ0) is 16.8. The number of benzene rings is 2. The molecule has 2 nitrogen and oxygen atoms in total. The maximum absolute atomic E-state index is 13.1. The fraction of sp³-hybridized carbons (Fsp3) is 0.250. The summed E-state index contributed by atoms with van der Waals surface area (Å²) >= 11 is 5.00. The first-order valence-electron chi connectivity index (χ1n) is 6.99. The summed E-state index contributed by atoms with van der Waals surface area (Å²) in [5, 5.41) is 1.03. The molecule has 0 unspecified atom stereocenters. The van der Waals surface area contributed by atoms with Crippen LogP contribution in [0, 0.1) is 11.6 Å². The Labute approximate surface area is 155 Å². The summed E-state index contributed by atoms with van der Waals surface area (Å²) in [6, 6.07) is 8.74. The average Bonchev–Trinajstić information content (AvgIpc) is 2.50. The molecule has 2 aromatic rings. The standard InChI is InChI=1S/C16H15Br2F2GeO2/c1-2-21(9-22-15-5-3-11(19)7-13(15)17)10-23-16-6-4-12(20)8-14(16)18/h3-8H,2,9-10H2,1H3. The van der Waals surface area contributed by atoms with Gasteiger partial charge in [0, 0.05) is 0 Å². The molecule has 0 aliphatic rings. The monoisotopic (exact) mass is 509 g/mol. The normalized spacial score (nSPS) is 10.9. The molecule has 0 saturated carbocycles. The van der Waals surface area contributed by atoms with Crippen molar-refractivity contribution < 1.29 is 18.3 Å². The Bertz CT molecular complexity index is 615. The molecule has 0 fully saturated rings. The van der Waals surface area contributed by atoms with Crippen LogP contribution in [0.5, 0.6) is 11.5 Å². The molecular weight excluding hydrogens is 495 g/mol. The van der Waals surface area contributed by atoms with Gasteiger partial charge in [-0.25, -0.2) is 0 Å². The third-order valence-corrected chi connectivity index (χ3v) is 8.81. The van der Waals surface area contributed by atoms with E-state index in [9.17, 15) is 8.78 Å². The SMILES string of the molecule is C[CH2][Ge]([CH2]Oc1ccc(F)cc1Br)[CH2]Oc1ccc(F)cc1Br. The van der Waals surface area contributed by atoms with Gasteiger partial charge in [-0.2, -0.15) is 0 Å². The Morgan fingerprint density at radius 1 is 0.870 bits per heavy atom. The topological polar surface area (TPSA) is 18.5 Å². The molecule has 0 amide bonds. The van der Waals surface area contributed by atoms with Gasteiger partial charge in [0.15, 0.2) is 0 Å². The van der Waals surface area contributed by atoms with Gasteiger partial charge in [-0.15, -0.1) is 0 Å². The van der Waals surface area contributed by atoms with Crippen LogP contribution in [0.3, 0.4) is 0 Å². The third kappa shape index (κ3) is 5.76. The summed E-state index contributed by atoms with van der Waals surface area (Å²) < 4.78 is 38.9. The summed E-state index contributed by atoms with van der Waals surface area (Å²) in [7, 11) is 0. The molecule has 0 saturated heterocycles. The fourth-order valence-electron chi connectivity index (χ4n) is 1.79. The Morgan fingerprint density at radius 3 is 1.65 bits per heavy atom. The Kier molecular flexibility index (Phi) is 7.36. The van der Waals surface area contributed by atoms with Crippen molar-refractivity contribution in [2.75, 3.05) is 10.9 Å². The first-order chi connectivity index (χ1) is 11.0. The fourth-order valence-corrected chi connectivity index (χ4v) is 5.26. The van der Waals surface area contributed by atoms with Crippen molar-refractivity contribution in [2.45, 2.75) is 12.2 Å². The number of ether oxygens (including phenoxy) is 2. The molecule has 0 spiro atoms. The molecule has 0 aliphatic carbocycles. The molecule has 2 aromatic carbocycles. The van der Waals surface area contributed by atoms with Crippen LogP contribution in [-0.2, 0) is 0 Å². The van der Waals surface area contributed by atoms with Crippen molar-refractivity contribution in [3.8, 4) is 11.5 Å². The van der Waals surface area contributed by atoms with E-state index in [1.54, 1.807) is 12.1 Å². The first kappa shape index (κ1) is 18.7. The molecule has 1 radical (unpaired) electrons. The number of hydrogen-bond acceptors (Lipinski definition) is 2. The first-order valence-corrected chi connectivity index (χ1v) is 13.0. The minimum atomic E-state index is -1.58. The predicted molar refractivity (Wildman–Crippen MR) is 95.4 cm³/mol. The van der Waals surface area contributed by atoms with E-state index in [1.165, 1.54) is 24.3 Å². The van der Waals surface area contributed by atoms with Crippen molar-refractivity contribution in [2.24, 2.45) is 0 Å². The van der Waals surface area contributed by atoms with Crippen molar-refractivity contribution in [1.82, 2.24) is 0 Å². The van der Waals surface area contributed by atoms with E-state index in [0.29, 0.717) is 31.3 Å². The van der Waals surface area contributed by atoms with Gasteiger partial charge in [0.2, 0.25) is 0 Å². The summed E-state index contributed by atoms with van der Waals surface area (Å²) in [6.07, 6.45) is 0. The molecule has 0 atom stereocenters. The van der Waals surface area contributed by atoms with Gasteiger partial charge in [-0.05, 0) is 0 Å². The summed E-state index contributed by atoms with van der Waals surface area (Å²) in [4.78, 5) is 0. The van der Waals surface area contributed by atoms with Gasteiger partial charge in [-0.1, -0.05) is 0 Å². The van der Waals surface area contributed by atoms with Crippen LogP contribution in [0.2, 0.25) is 5.25 Å². The molecule has 2 rings (SSSR count). The van der Waals surface area contributed by atoms with Crippen molar-refractivity contribution in [3.05, 3.63) is 57.0 Å². The maximum atomic E-state index is 13.1. The number of rotatable bonds is 7.